The lowest BCUT2D eigenvalue weighted by molar-refractivity contribution is 0.0945. The molecule has 1 aromatic rings. The smallest absolute Gasteiger partial charge is 0.251 e. The van der Waals surface area contributed by atoms with Gasteiger partial charge in [0, 0.05) is 12.0 Å². The third-order valence-corrected chi connectivity index (χ3v) is 3.46. The van der Waals surface area contributed by atoms with Gasteiger partial charge in [0.2, 0.25) is 0 Å². The first-order chi connectivity index (χ1) is 9.11. The summed E-state index contributed by atoms with van der Waals surface area (Å²) in [7, 11) is 0. The molecule has 4 nitrogen and oxygen atoms in total. The third-order valence-electron chi connectivity index (χ3n) is 3.18. The van der Waals surface area contributed by atoms with Crippen molar-refractivity contribution in [1.29, 1.82) is 0 Å². The van der Waals surface area contributed by atoms with E-state index >= 15 is 0 Å². The number of hydrogen-bond donors (Lipinski definition) is 2. The summed E-state index contributed by atoms with van der Waals surface area (Å²) in [5, 5.41) is 2.88. The number of amides is 1. The van der Waals surface area contributed by atoms with Crippen molar-refractivity contribution < 1.29 is 9.53 Å². The lowest BCUT2D eigenvalue weighted by Crippen LogP contribution is -2.43. The Morgan fingerprint density at radius 3 is 3.05 bits per heavy atom. The summed E-state index contributed by atoms with van der Waals surface area (Å²) in [5.74, 6) is 0.733. The molecule has 19 heavy (non-hydrogen) atoms. The predicted molar refractivity (Wildman–Crippen MR) is 78.6 cm³/mol. The molecule has 0 saturated carbocycles. The van der Waals surface area contributed by atoms with Crippen molar-refractivity contribution in [3.8, 4) is 5.75 Å². The fraction of sp³-hybridized carbons (Fsp3) is 0.429. The van der Waals surface area contributed by atoms with Crippen LogP contribution in [0.15, 0.2) is 18.2 Å². The summed E-state index contributed by atoms with van der Waals surface area (Å²) in [6.45, 7) is 2.72. The molecule has 1 aromatic carbocycles. The SMILES string of the molecule is CCCC(NC(=O)c1ccc2c(c1)CCO2)C(N)=S. The van der Waals surface area contributed by atoms with Crippen LogP contribution in [-0.2, 0) is 6.42 Å². The Kier molecular flexibility index (Phi) is 4.37. The van der Waals surface area contributed by atoms with Crippen molar-refractivity contribution in [2.45, 2.75) is 32.2 Å². The van der Waals surface area contributed by atoms with Crippen LogP contribution in [0.1, 0.15) is 35.7 Å². The first-order valence-corrected chi connectivity index (χ1v) is 6.88. The van der Waals surface area contributed by atoms with Crippen molar-refractivity contribution >= 4 is 23.1 Å². The minimum atomic E-state index is -0.239. The Morgan fingerprint density at radius 2 is 2.37 bits per heavy atom. The molecule has 1 heterocycles. The van der Waals surface area contributed by atoms with Crippen LogP contribution in [0.2, 0.25) is 0 Å². The summed E-state index contributed by atoms with van der Waals surface area (Å²) in [6.07, 6.45) is 2.53. The molecule has 3 N–H and O–H groups in total. The summed E-state index contributed by atoms with van der Waals surface area (Å²) in [5.41, 5.74) is 7.34. The average molecular weight is 278 g/mol. The first kappa shape index (κ1) is 13.8. The van der Waals surface area contributed by atoms with Crippen LogP contribution in [0.4, 0.5) is 0 Å². The second-order valence-electron chi connectivity index (χ2n) is 4.64. The number of benzene rings is 1. The number of carbonyl (C=O) groups excluding carboxylic acids is 1. The maximum atomic E-state index is 12.2. The van der Waals surface area contributed by atoms with Gasteiger partial charge in [-0.1, -0.05) is 25.6 Å². The zero-order chi connectivity index (χ0) is 13.8. The van der Waals surface area contributed by atoms with Gasteiger partial charge in [-0.3, -0.25) is 4.79 Å². The fourth-order valence-electron chi connectivity index (χ4n) is 2.14. The first-order valence-electron chi connectivity index (χ1n) is 6.47. The van der Waals surface area contributed by atoms with E-state index in [1.165, 1.54) is 0 Å². The molecular formula is C14H18N2O2S. The van der Waals surface area contributed by atoms with E-state index < -0.39 is 0 Å². The minimum absolute atomic E-state index is 0.138. The lowest BCUT2D eigenvalue weighted by Gasteiger charge is -2.16. The number of fused-ring (bicyclic) bond motifs is 1. The van der Waals surface area contributed by atoms with Gasteiger partial charge in [-0.25, -0.2) is 0 Å². The van der Waals surface area contributed by atoms with Crippen LogP contribution in [0.5, 0.6) is 5.75 Å². The van der Waals surface area contributed by atoms with E-state index in [0.717, 1.165) is 30.6 Å². The number of nitrogens with two attached hydrogens (primary N) is 1. The van der Waals surface area contributed by atoms with Crippen LogP contribution in [0, 0.1) is 0 Å². The Balaban J connectivity index is 2.09. The number of thiocarbonyl (C=S) groups is 1. The number of ether oxygens (including phenoxy) is 1. The van der Waals surface area contributed by atoms with E-state index in [9.17, 15) is 4.79 Å². The quantitative estimate of drug-likeness (QED) is 0.806. The second kappa shape index (κ2) is 6.02. The van der Waals surface area contributed by atoms with E-state index in [1.807, 2.05) is 19.1 Å². The van der Waals surface area contributed by atoms with Gasteiger partial charge >= 0.3 is 0 Å². The lowest BCUT2D eigenvalue weighted by atomic mass is 10.1. The monoisotopic (exact) mass is 278 g/mol. The molecular weight excluding hydrogens is 260 g/mol. The van der Waals surface area contributed by atoms with E-state index in [0.29, 0.717) is 17.2 Å². The van der Waals surface area contributed by atoms with Crippen LogP contribution in [0.25, 0.3) is 0 Å². The molecule has 1 aliphatic heterocycles. The van der Waals surface area contributed by atoms with Crippen LogP contribution in [0.3, 0.4) is 0 Å². The molecule has 0 radical (unpaired) electrons. The van der Waals surface area contributed by atoms with Gasteiger partial charge in [-0.15, -0.1) is 0 Å². The number of hydrogen-bond acceptors (Lipinski definition) is 3. The van der Waals surface area contributed by atoms with Gasteiger partial charge in [0.25, 0.3) is 5.91 Å². The molecule has 5 heteroatoms. The number of nitrogens with one attached hydrogen (secondary N) is 1. The molecule has 1 amide bonds. The van der Waals surface area contributed by atoms with Crippen LogP contribution < -0.4 is 15.8 Å². The normalized spacial score (nSPS) is 14.4. The zero-order valence-electron chi connectivity index (χ0n) is 10.9. The summed E-state index contributed by atoms with van der Waals surface area (Å²) in [6, 6.07) is 5.24. The van der Waals surface area contributed by atoms with Gasteiger partial charge in [-0.05, 0) is 30.2 Å². The molecule has 0 aromatic heterocycles. The van der Waals surface area contributed by atoms with Gasteiger partial charge in [0.15, 0.2) is 0 Å². The van der Waals surface area contributed by atoms with Gasteiger partial charge in [-0.2, -0.15) is 0 Å². The highest BCUT2D eigenvalue weighted by atomic mass is 32.1. The van der Waals surface area contributed by atoms with Gasteiger partial charge in [0.05, 0.1) is 17.6 Å². The number of rotatable bonds is 5. The Morgan fingerprint density at radius 1 is 1.58 bits per heavy atom. The predicted octanol–water partition coefficient (Wildman–Crippen LogP) is 1.81. The Labute approximate surface area is 118 Å². The standard InChI is InChI=1S/C14H18N2O2S/c1-2-3-11(13(15)19)16-14(17)10-4-5-12-9(8-10)6-7-18-12/h4-5,8,11H,2-3,6-7H2,1H3,(H2,15,19)(H,16,17). The molecule has 1 atom stereocenters. The summed E-state index contributed by atoms with van der Waals surface area (Å²) < 4.78 is 5.42. The maximum absolute atomic E-state index is 12.2. The molecule has 1 aliphatic rings. The molecule has 2 rings (SSSR count). The highest BCUT2D eigenvalue weighted by molar-refractivity contribution is 7.80. The maximum Gasteiger partial charge on any atom is 0.251 e. The molecule has 0 fully saturated rings. The van der Waals surface area contributed by atoms with Crippen molar-refractivity contribution in [2.75, 3.05) is 6.61 Å². The fourth-order valence-corrected chi connectivity index (χ4v) is 2.32. The summed E-state index contributed by atoms with van der Waals surface area (Å²) >= 11 is 4.97. The summed E-state index contributed by atoms with van der Waals surface area (Å²) in [4.78, 5) is 12.5. The molecule has 102 valence electrons. The van der Waals surface area contributed by atoms with E-state index in [1.54, 1.807) is 6.07 Å². The molecule has 0 aliphatic carbocycles. The van der Waals surface area contributed by atoms with E-state index in [4.69, 9.17) is 22.7 Å². The van der Waals surface area contributed by atoms with Crippen LogP contribution >= 0.6 is 12.2 Å². The molecule has 0 saturated heterocycles. The molecule has 0 spiro atoms. The van der Waals surface area contributed by atoms with E-state index in [2.05, 4.69) is 5.32 Å². The second-order valence-corrected chi connectivity index (χ2v) is 5.11. The average Bonchev–Trinajstić information content (AvgIpc) is 2.85. The molecule has 1 unspecified atom stereocenters. The highest BCUT2D eigenvalue weighted by Gasteiger charge is 2.18. The highest BCUT2D eigenvalue weighted by Crippen LogP contribution is 2.25. The Bertz CT molecular complexity index is 502. The topological polar surface area (TPSA) is 64.3 Å². The van der Waals surface area contributed by atoms with Gasteiger partial charge in [0.1, 0.15) is 5.75 Å². The Hall–Kier alpha value is -1.62. The van der Waals surface area contributed by atoms with Crippen molar-refractivity contribution in [3.63, 3.8) is 0 Å². The molecule has 0 bridgehead atoms. The van der Waals surface area contributed by atoms with Crippen LogP contribution in [-0.4, -0.2) is 23.5 Å². The van der Waals surface area contributed by atoms with Crippen molar-refractivity contribution in [1.82, 2.24) is 5.32 Å². The third kappa shape index (κ3) is 3.23. The van der Waals surface area contributed by atoms with Crippen molar-refractivity contribution in [3.05, 3.63) is 29.3 Å². The largest absolute Gasteiger partial charge is 0.493 e. The zero-order valence-corrected chi connectivity index (χ0v) is 11.8. The van der Waals surface area contributed by atoms with Gasteiger partial charge < -0.3 is 15.8 Å². The van der Waals surface area contributed by atoms with Crippen molar-refractivity contribution in [2.24, 2.45) is 5.73 Å². The minimum Gasteiger partial charge on any atom is -0.493 e. The number of carbonyl (C=O) groups is 1. The van der Waals surface area contributed by atoms with E-state index in [-0.39, 0.29) is 11.9 Å².